The molecule has 23 heavy (non-hydrogen) atoms. The minimum Gasteiger partial charge on any atom is -0.794 e. The van der Waals surface area contributed by atoms with Crippen molar-refractivity contribution in [3.63, 3.8) is 0 Å². The van der Waals surface area contributed by atoms with Gasteiger partial charge < -0.3 is 34.5 Å². The van der Waals surface area contributed by atoms with Crippen LogP contribution in [0.15, 0.2) is 0 Å². The summed E-state index contributed by atoms with van der Waals surface area (Å²) in [6, 6.07) is 0. The van der Waals surface area contributed by atoms with Crippen LogP contribution < -0.4 is 4.80 Å². The third kappa shape index (κ3) is 19.7. The third-order valence-corrected chi connectivity index (χ3v) is 2.16. The van der Waals surface area contributed by atoms with Crippen LogP contribution in [-0.2, 0) is 14.5 Å². The lowest BCUT2D eigenvalue weighted by molar-refractivity contribution is -1.37. The van der Waals surface area contributed by atoms with Gasteiger partial charge in [0.05, 0.1) is 4.97 Å². The van der Waals surface area contributed by atoms with Crippen molar-refractivity contribution in [2.75, 3.05) is 46.2 Å². The number of aliphatic hydroxyl groups is 3. The molecule has 0 aliphatic heterocycles. The van der Waals surface area contributed by atoms with Gasteiger partial charge in [0.25, 0.3) is 0 Å². The average molecular weight is 363 g/mol. The fourth-order valence-corrected chi connectivity index (χ4v) is 1.19. The van der Waals surface area contributed by atoms with E-state index in [1.165, 1.54) is 0 Å². The Morgan fingerprint density at radius 2 is 1.04 bits per heavy atom. The van der Waals surface area contributed by atoms with Crippen LogP contribution in [-0.4, -0.2) is 89.9 Å². The Bertz CT molecular complexity index is 221. The van der Waals surface area contributed by atoms with E-state index >= 15 is 0 Å². The predicted molar refractivity (Wildman–Crippen MR) is 76.2 cm³/mol. The topological polar surface area (TPSA) is 172 Å². The lowest BCUT2D eigenvalue weighted by Crippen LogP contribution is -2.50. The average Bonchev–Trinajstić information content (AvgIpc) is 2.46. The molecule has 0 heterocycles. The normalized spacial score (nSPS) is 12.0. The van der Waals surface area contributed by atoms with Gasteiger partial charge in [0.1, 0.15) is 19.8 Å². The maximum Gasteiger partial charge on any atom is 0.404 e. The van der Waals surface area contributed by atoms with Crippen LogP contribution in [0.5, 0.6) is 0 Å². The smallest absolute Gasteiger partial charge is 0.404 e. The van der Waals surface area contributed by atoms with Crippen LogP contribution in [0.1, 0.15) is 26.2 Å². The van der Waals surface area contributed by atoms with E-state index in [9.17, 15) is 0 Å². The van der Waals surface area contributed by atoms with E-state index in [2.05, 4.69) is 0 Å². The molecule has 0 unspecified atom stereocenters. The summed E-state index contributed by atoms with van der Waals surface area (Å²) < 4.78 is 0. The summed E-state index contributed by atoms with van der Waals surface area (Å²) in [4.78, 5) is 46.6. The standard InChI is InChI=1S/C11H26NO6.H3O4Si/c1-2-12(16-9-3-6-13,17-10-4-7-14)18-11-5-8-15;1-5(2,3)4/h13-15H,2-11H2,1H3;1-3H/q+1;-1. The summed E-state index contributed by atoms with van der Waals surface area (Å²) >= 11 is 0. The van der Waals surface area contributed by atoms with Gasteiger partial charge in [0.15, 0.2) is 6.54 Å². The summed E-state index contributed by atoms with van der Waals surface area (Å²) in [5.41, 5.74) is 0. The van der Waals surface area contributed by atoms with E-state index in [1.807, 2.05) is 6.92 Å². The summed E-state index contributed by atoms with van der Waals surface area (Å²) in [6.07, 6.45) is 1.48. The molecule has 0 rings (SSSR count). The molecule has 0 aliphatic rings. The highest BCUT2D eigenvalue weighted by Gasteiger charge is 2.32. The maximum atomic E-state index is 8.91. The lowest BCUT2D eigenvalue weighted by atomic mass is 10.5. The van der Waals surface area contributed by atoms with Crippen molar-refractivity contribution in [3.05, 3.63) is 0 Å². The molecular weight excluding hydrogens is 334 g/mol. The first-order valence-corrected chi connectivity index (χ1v) is 9.01. The second kappa shape index (κ2) is 15.3. The molecule has 6 N–H and O–H groups in total. The quantitative estimate of drug-likeness (QED) is 0.0835. The molecule has 0 aromatic heterocycles. The summed E-state index contributed by atoms with van der Waals surface area (Å²) in [6.45, 7) is 3.32. The monoisotopic (exact) mass is 363 g/mol. The van der Waals surface area contributed by atoms with Crippen LogP contribution in [0.4, 0.5) is 0 Å². The fourth-order valence-electron chi connectivity index (χ4n) is 1.19. The molecule has 0 spiro atoms. The highest BCUT2D eigenvalue weighted by Crippen LogP contribution is 2.13. The van der Waals surface area contributed by atoms with Crippen LogP contribution in [0.25, 0.3) is 0 Å². The van der Waals surface area contributed by atoms with Gasteiger partial charge >= 0.3 is 9.05 Å². The van der Waals surface area contributed by atoms with Gasteiger partial charge in [0, 0.05) is 39.1 Å². The predicted octanol–water partition coefficient (Wildman–Crippen LogP) is -3.48. The molecule has 0 aromatic carbocycles. The van der Waals surface area contributed by atoms with Crippen molar-refractivity contribution in [3.8, 4) is 0 Å². The molecule has 0 amide bonds. The van der Waals surface area contributed by atoms with Crippen molar-refractivity contribution in [2.45, 2.75) is 26.2 Å². The van der Waals surface area contributed by atoms with Crippen LogP contribution in [0, 0.1) is 0 Å². The molecule has 0 bridgehead atoms. The van der Waals surface area contributed by atoms with Gasteiger partial charge in [0.2, 0.25) is 0 Å². The van der Waals surface area contributed by atoms with Crippen LogP contribution in [0.3, 0.4) is 0 Å². The molecule has 142 valence electrons. The molecule has 0 atom stereocenters. The van der Waals surface area contributed by atoms with E-state index in [4.69, 9.17) is 49.0 Å². The Morgan fingerprint density at radius 1 is 0.783 bits per heavy atom. The van der Waals surface area contributed by atoms with E-state index in [1.54, 1.807) is 0 Å². The second-order valence-electron chi connectivity index (χ2n) is 4.23. The number of hydrogen-bond donors (Lipinski definition) is 6. The molecule has 11 nitrogen and oxygen atoms in total. The van der Waals surface area contributed by atoms with Crippen molar-refractivity contribution in [1.82, 2.24) is 0 Å². The Morgan fingerprint density at radius 3 is 1.22 bits per heavy atom. The highest BCUT2D eigenvalue weighted by atomic mass is 28.4. The molecule has 0 radical (unpaired) electrons. The Kier molecular flexibility index (Phi) is 16.7. The van der Waals surface area contributed by atoms with E-state index < -0.39 is 14.0 Å². The SMILES string of the molecule is CC[N+](OCCCO)(OCCCO)OCCCO.[O-][Si](O)(O)O. The zero-order valence-corrected chi connectivity index (χ0v) is 14.3. The van der Waals surface area contributed by atoms with Crippen LogP contribution in [0.2, 0.25) is 0 Å². The van der Waals surface area contributed by atoms with Gasteiger partial charge in [-0.1, -0.05) is 0 Å². The van der Waals surface area contributed by atoms with Crippen molar-refractivity contribution >= 4 is 9.05 Å². The Hall–Kier alpha value is -0.223. The lowest BCUT2D eigenvalue weighted by Gasteiger charge is -2.28. The molecular formula is C11H29NO10Si. The van der Waals surface area contributed by atoms with Crippen molar-refractivity contribution in [1.29, 1.82) is 0 Å². The molecule has 12 heteroatoms. The zero-order chi connectivity index (χ0) is 18.2. The Balaban J connectivity index is 0. The highest BCUT2D eigenvalue weighted by molar-refractivity contribution is 6.44. The first-order valence-electron chi connectivity index (χ1n) is 7.26. The van der Waals surface area contributed by atoms with E-state index in [-0.39, 0.29) is 19.8 Å². The van der Waals surface area contributed by atoms with E-state index in [0.717, 1.165) is 0 Å². The number of aliphatic hydroxyl groups excluding tert-OH is 3. The maximum absolute atomic E-state index is 8.91. The Labute approximate surface area is 136 Å². The van der Waals surface area contributed by atoms with Gasteiger partial charge in [-0.2, -0.15) is 0 Å². The van der Waals surface area contributed by atoms with Crippen LogP contribution >= 0.6 is 0 Å². The summed E-state index contributed by atoms with van der Waals surface area (Å²) in [5, 5.41) is 26.2. The fraction of sp³-hybridized carbons (Fsp3) is 1.00. The van der Waals surface area contributed by atoms with Crippen molar-refractivity contribution in [2.24, 2.45) is 0 Å². The number of quaternary nitrogens is 1. The molecule has 0 aromatic rings. The molecule has 0 fully saturated rings. The second-order valence-corrected chi connectivity index (χ2v) is 5.38. The van der Waals surface area contributed by atoms with Gasteiger partial charge in [-0.25, -0.2) is 0 Å². The number of rotatable bonds is 13. The summed E-state index contributed by atoms with van der Waals surface area (Å²) in [7, 11) is -4.86. The van der Waals surface area contributed by atoms with Crippen molar-refractivity contribution < 1.29 is 54.0 Å². The minimum absolute atomic E-state index is 0.0387. The molecule has 0 saturated carbocycles. The summed E-state index contributed by atoms with van der Waals surface area (Å²) in [5.74, 6) is 0. The number of nitrogens with zero attached hydrogens (tertiary/aromatic N) is 1. The number of hydroxylamine groups is 3. The zero-order valence-electron chi connectivity index (χ0n) is 13.3. The van der Waals surface area contributed by atoms with E-state index in [0.29, 0.717) is 45.6 Å². The molecule has 0 aliphatic carbocycles. The largest absolute Gasteiger partial charge is 0.794 e. The third-order valence-electron chi connectivity index (χ3n) is 2.16. The van der Waals surface area contributed by atoms with Gasteiger partial charge in [-0.05, 0) is 6.92 Å². The minimum atomic E-state index is -4.86. The van der Waals surface area contributed by atoms with Gasteiger partial charge in [-0.3, -0.25) is 0 Å². The number of hydrogen-bond acceptors (Lipinski definition) is 10. The first-order chi connectivity index (χ1) is 10.7. The van der Waals surface area contributed by atoms with Gasteiger partial charge in [-0.15, -0.1) is 14.5 Å². The first kappa shape index (κ1) is 25.0. The molecule has 0 saturated heterocycles.